The zero-order valence-electron chi connectivity index (χ0n) is 12.3. The maximum Gasteiger partial charge on any atom is 0.212 e. The monoisotopic (exact) mass is 302 g/mol. The summed E-state index contributed by atoms with van der Waals surface area (Å²) in [6.45, 7) is 0.283. The highest BCUT2D eigenvalue weighted by Crippen LogP contribution is 2.21. The number of benzene rings is 3. The van der Waals surface area contributed by atoms with E-state index in [1.54, 1.807) is 0 Å². The Morgan fingerprint density at radius 1 is 0.826 bits per heavy atom. The zero-order valence-corrected chi connectivity index (χ0v) is 12.3. The fourth-order valence-electron chi connectivity index (χ4n) is 2.38. The quantitative estimate of drug-likeness (QED) is 0.580. The molecule has 4 rings (SSSR count). The van der Waals surface area contributed by atoms with E-state index < -0.39 is 0 Å². The molecule has 0 saturated carbocycles. The van der Waals surface area contributed by atoms with Crippen LogP contribution in [0, 0.1) is 0 Å². The minimum atomic E-state index is 0.283. The molecule has 0 N–H and O–H groups in total. The molecule has 0 aliphatic rings. The fourth-order valence-corrected chi connectivity index (χ4v) is 2.38. The second-order valence-electron chi connectivity index (χ2n) is 5.13. The molecule has 0 amide bonds. The summed E-state index contributed by atoms with van der Waals surface area (Å²) in [6.07, 6.45) is 0. The van der Waals surface area contributed by atoms with E-state index in [1.807, 2.05) is 60.7 Å². The third kappa shape index (κ3) is 2.89. The number of nitrogens with zero attached hydrogens (tertiary/aromatic N) is 4. The van der Waals surface area contributed by atoms with Crippen molar-refractivity contribution >= 4 is 10.8 Å². The van der Waals surface area contributed by atoms with Gasteiger partial charge in [-0.15, -0.1) is 15.0 Å². The maximum absolute atomic E-state index is 5.77. The maximum atomic E-state index is 5.77. The molecule has 1 heterocycles. The van der Waals surface area contributed by atoms with E-state index in [-0.39, 0.29) is 6.61 Å². The minimum Gasteiger partial charge on any atom is -0.485 e. The van der Waals surface area contributed by atoms with Crippen LogP contribution in [0.25, 0.3) is 16.5 Å². The van der Waals surface area contributed by atoms with Crippen LogP contribution in [0.3, 0.4) is 0 Å². The van der Waals surface area contributed by atoms with Gasteiger partial charge in [0.2, 0.25) is 5.82 Å². The van der Waals surface area contributed by atoms with Gasteiger partial charge in [-0.2, -0.15) is 0 Å². The molecule has 0 aliphatic carbocycles. The highest BCUT2D eigenvalue weighted by molar-refractivity contribution is 5.83. The Balaban J connectivity index is 1.49. The van der Waals surface area contributed by atoms with Gasteiger partial charge in [-0.05, 0) is 40.3 Å². The van der Waals surface area contributed by atoms with Gasteiger partial charge in [0.05, 0.1) is 5.69 Å². The lowest BCUT2D eigenvalue weighted by molar-refractivity contribution is 0.296. The average molecular weight is 302 g/mol. The smallest absolute Gasteiger partial charge is 0.212 e. The van der Waals surface area contributed by atoms with Gasteiger partial charge in [0, 0.05) is 0 Å². The van der Waals surface area contributed by atoms with Crippen molar-refractivity contribution in [3.05, 3.63) is 78.6 Å². The van der Waals surface area contributed by atoms with E-state index in [2.05, 4.69) is 27.5 Å². The van der Waals surface area contributed by atoms with E-state index in [0.717, 1.165) is 16.8 Å². The molecule has 4 aromatic rings. The van der Waals surface area contributed by atoms with Crippen LogP contribution < -0.4 is 4.74 Å². The second kappa shape index (κ2) is 5.88. The Labute approximate surface area is 133 Å². The SMILES string of the molecule is c1ccc(-n2nnc(COc3ccc4ccccc4c3)n2)cc1. The van der Waals surface area contributed by atoms with Crippen molar-refractivity contribution < 1.29 is 4.74 Å². The van der Waals surface area contributed by atoms with Crippen molar-refractivity contribution in [3.8, 4) is 11.4 Å². The first kappa shape index (κ1) is 13.5. The molecule has 0 saturated heterocycles. The summed E-state index contributed by atoms with van der Waals surface area (Å²) >= 11 is 0. The third-order valence-electron chi connectivity index (χ3n) is 3.53. The summed E-state index contributed by atoms with van der Waals surface area (Å²) in [5.41, 5.74) is 0.872. The van der Waals surface area contributed by atoms with Crippen LogP contribution in [0.1, 0.15) is 5.82 Å². The number of para-hydroxylation sites is 1. The van der Waals surface area contributed by atoms with Crippen LogP contribution in [-0.2, 0) is 6.61 Å². The molecule has 0 bridgehead atoms. The lowest BCUT2D eigenvalue weighted by Crippen LogP contribution is -2.01. The van der Waals surface area contributed by atoms with Crippen LogP contribution in [0.4, 0.5) is 0 Å². The van der Waals surface area contributed by atoms with Crippen molar-refractivity contribution in [1.82, 2.24) is 20.2 Å². The van der Waals surface area contributed by atoms with E-state index >= 15 is 0 Å². The van der Waals surface area contributed by atoms with Gasteiger partial charge in [0.25, 0.3) is 0 Å². The molecule has 0 fully saturated rings. The first-order valence-electron chi connectivity index (χ1n) is 7.34. The standard InChI is InChI=1S/C18H14N4O/c1-2-8-16(9-3-1)22-20-18(19-21-22)13-23-17-11-10-14-6-4-5-7-15(14)12-17/h1-12H,13H2. The van der Waals surface area contributed by atoms with Crippen LogP contribution in [0.5, 0.6) is 5.75 Å². The number of rotatable bonds is 4. The molecule has 0 unspecified atom stereocenters. The zero-order chi connectivity index (χ0) is 15.5. The lowest BCUT2D eigenvalue weighted by Gasteiger charge is -2.04. The lowest BCUT2D eigenvalue weighted by atomic mass is 10.1. The van der Waals surface area contributed by atoms with Crippen molar-refractivity contribution in [2.45, 2.75) is 6.61 Å². The third-order valence-corrected chi connectivity index (χ3v) is 3.53. The van der Waals surface area contributed by atoms with Crippen LogP contribution in [-0.4, -0.2) is 20.2 Å². The highest BCUT2D eigenvalue weighted by Gasteiger charge is 2.05. The van der Waals surface area contributed by atoms with E-state index in [9.17, 15) is 0 Å². The Morgan fingerprint density at radius 3 is 2.48 bits per heavy atom. The van der Waals surface area contributed by atoms with Gasteiger partial charge in [0.1, 0.15) is 5.75 Å². The Hall–Kier alpha value is -3.21. The molecule has 1 aromatic heterocycles. The molecule has 112 valence electrons. The van der Waals surface area contributed by atoms with Crippen LogP contribution in [0.15, 0.2) is 72.8 Å². The molecule has 0 radical (unpaired) electrons. The van der Waals surface area contributed by atoms with Crippen molar-refractivity contribution in [2.24, 2.45) is 0 Å². The van der Waals surface area contributed by atoms with Crippen LogP contribution >= 0.6 is 0 Å². The number of tetrazole rings is 1. The van der Waals surface area contributed by atoms with E-state index in [0.29, 0.717) is 5.82 Å². The average Bonchev–Trinajstić information content (AvgIpc) is 3.10. The van der Waals surface area contributed by atoms with E-state index in [4.69, 9.17) is 4.74 Å². The second-order valence-corrected chi connectivity index (χ2v) is 5.13. The first-order chi connectivity index (χ1) is 11.4. The van der Waals surface area contributed by atoms with Gasteiger partial charge in [0.15, 0.2) is 6.61 Å². The summed E-state index contributed by atoms with van der Waals surface area (Å²) in [5, 5.41) is 14.7. The molecule has 3 aromatic carbocycles. The predicted molar refractivity (Wildman–Crippen MR) is 87.4 cm³/mol. The Morgan fingerprint density at radius 2 is 1.61 bits per heavy atom. The molecule has 5 nitrogen and oxygen atoms in total. The van der Waals surface area contributed by atoms with Crippen molar-refractivity contribution in [3.63, 3.8) is 0 Å². The summed E-state index contributed by atoms with van der Waals surface area (Å²) in [7, 11) is 0. The normalized spacial score (nSPS) is 10.8. The number of hydrogen-bond acceptors (Lipinski definition) is 4. The summed E-state index contributed by atoms with van der Waals surface area (Å²) in [6, 6.07) is 23.8. The van der Waals surface area contributed by atoms with Gasteiger partial charge >= 0.3 is 0 Å². The van der Waals surface area contributed by atoms with Gasteiger partial charge in [-0.1, -0.05) is 48.5 Å². The van der Waals surface area contributed by atoms with Gasteiger partial charge in [-0.3, -0.25) is 0 Å². The molecule has 0 atom stereocenters. The summed E-state index contributed by atoms with van der Waals surface area (Å²) in [5.74, 6) is 1.33. The number of hydrogen-bond donors (Lipinski definition) is 0. The number of aromatic nitrogens is 4. The van der Waals surface area contributed by atoms with Crippen molar-refractivity contribution in [1.29, 1.82) is 0 Å². The molecular formula is C18H14N4O. The minimum absolute atomic E-state index is 0.283. The number of fused-ring (bicyclic) bond motifs is 1. The summed E-state index contributed by atoms with van der Waals surface area (Å²) < 4.78 is 5.77. The Bertz CT molecular complexity index is 934. The van der Waals surface area contributed by atoms with E-state index in [1.165, 1.54) is 10.2 Å². The van der Waals surface area contributed by atoms with Gasteiger partial charge in [-0.25, -0.2) is 0 Å². The molecular weight excluding hydrogens is 288 g/mol. The van der Waals surface area contributed by atoms with Crippen molar-refractivity contribution in [2.75, 3.05) is 0 Å². The first-order valence-corrected chi connectivity index (χ1v) is 7.34. The Kier molecular flexibility index (Phi) is 3.44. The molecule has 23 heavy (non-hydrogen) atoms. The largest absolute Gasteiger partial charge is 0.485 e. The summed E-state index contributed by atoms with van der Waals surface area (Å²) in [4.78, 5) is 1.50. The topological polar surface area (TPSA) is 52.8 Å². The predicted octanol–water partition coefficient (Wildman–Crippen LogP) is 3.39. The van der Waals surface area contributed by atoms with Gasteiger partial charge < -0.3 is 4.74 Å². The fraction of sp³-hybridized carbons (Fsp3) is 0.0556. The molecule has 0 aliphatic heterocycles. The molecule has 5 heteroatoms. The molecule has 0 spiro atoms. The number of ether oxygens (including phenoxy) is 1. The highest BCUT2D eigenvalue weighted by atomic mass is 16.5. The van der Waals surface area contributed by atoms with Crippen LogP contribution in [0.2, 0.25) is 0 Å².